The number of hydrogen-bond donors (Lipinski definition) is 0. The maximum atomic E-state index is 13.7. The Morgan fingerprint density at radius 3 is 2.61 bits per heavy atom. The Morgan fingerprint density at radius 2 is 1.84 bits per heavy atom. The zero-order valence-corrected chi connectivity index (χ0v) is 25.9. The van der Waals surface area contributed by atoms with Gasteiger partial charge in [-0.3, -0.25) is 14.0 Å². The number of nitrogens with zero attached hydrogens (tertiary/aromatic N) is 6. The number of likely N-dealkylation sites (tertiary alicyclic amines) is 1. The normalized spacial score (nSPS) is 33.3. The van der Waals surface area contributed by atoms with Gasteiger partial charge in [-0.05, 0) is 71.3 Å². The molecule has 6 heterocycles. The molecule has 2 spiro atoms. The maximum Gasteiger partial charge on any atom is 0.330 e. The summed E-state index contributed by atoms with van der Waals surface area (Å²) in [7, 11) is 3.97. The standard InChI is InChI=1S/C32H42N6O6/c1-18(22-15-19-16-23(19)36(22)2)43-29-24-28(38(30(39)37(24)3)20-8-12-40-17-20)33-27(34-29)25-21-7-6-10-31(26(21)35-44-25)9-4-5-11-32(31)41-13-14-42-32/h18-20,22-23H,4-17H2,1-3H3/t18-,19+,20+,22-,23-,31-/m0/s1. The summed E-state index contributed by atoms with van der Waals surface area (Å²) in [5.41, 5.74) is 2.62. The van der Waals surface area contributed by atoms with E-state index < -0.39 is 5.79 Å². The minimum Gasteiger partial charge on any atom is -0.471 e. The highest BCUT2D eigenvalue weighted by atomic mass is 16.7. The average Bonchev–Trinajstić information content (AvgIpc) is 3.58. The predicted molar refractivity (Wildman–Crippen MR) is 159 cm³/mol. The van der Waals surface area contributed by atoms with Gasteiger partial charge in [-0.2, -0.15) is 4.98 Å². The molecule has 3 aliphatic heterocycles. The van der Waals surface area contributed by atoms with Crippen LogP contribution in [0.5, 0.6) is 5.88 Å². The Bertz CT molecular complexity index is 1670. The Labute approximate surface area is 256 Å². The smallest absolute Gasteiger partial charge is 0.330 e. The van der Waals surface area contributed by atoms with Gasteiger partial charge >= 0.3 is 5.69 Å². The second-order valence-corrected chi connectivity index (χ2v) is 14.0. The number of hydrogen-bond acceptors (Lipinski definition) is 10. The molecule has 3 saturated heterocycles. The molecule has 0 radical (unpaired) electrons. The van der Waals surface area contributed by atoms with Gasteiger partial charge in [-0.1, -0.05) is 11.6 Å². The van der Waals surface area contributed by atoms with Crippen molar-refractivity contribution in [2.75, 3.05) is 33.5 Å². The molecule has 3 aromatic rings. The van der Waals surface area contributed by atoms with Crippen LogP contribution in [0.2, 0.25) is 0 Å². The van der Waals surface area contributed by atoms with Gasteiger partial charge in [-0.25, -0.2) is 9.78 Å². The first-order valence-electron chi connectivity index (χ1n) is 16.6. The van der Waals surface area contributed by atoms with E-state index in [-0.39, 0.29) is 23.3 Å². The van der Waals surface area contributed by atoms with Crippen molar-refractivity contribution in [3.63, 3.8) is 0 Å². The minimum atomic E-state index is -0.653. The maximum absolute atomic E-state index is 13.7. The third-order valence-corrected chi connectivity index (χ3v) is 11.8. The molecule has 6 atom stereocenters. The third-order valence-electron chi connectivity index (χ3n) is 11.8. The Hall–Kier alpha value is -2.80. The van der Waals surface area contributed by atoms with Crippen LogP contribution < -0.4 is 10.4 Å². The van der Waals surface area contributed by atoms with Gasteiger partial charge < -0.3 is 23.5 Å². The molecular weight excluding hydrogens is 564 g/mol. The van der Waals surface area contributed by atoms with Crippen molar-refractivity contribution in [1.82, 2.24) is 29.2 Å². The first-order chi connectivity index (χ1) is 21.4. The summed E-state index contributed by atoms with van der Waals surface area (Å²) < 4.78 is 34.9. The van der Waals surface area contributed by atoms with Crippen LogP contribution >= 0.6 is 0 Å². The number of imidazole rings is 1. The predicted octanol–water partition coefficient (Wildman–Crippen LogP) is 3.50. The molecule has 236 valence electrons. The number of fused-ring (bicyclic) bond motifs is 5. The van der Waals surface area contributed by atoms with Gasteiger partial charge in [0.2, 0.25) is 17.5 Å². The number of rotatable bonds is 5. The highest BCUT2D eigenvalue weighted by molar-refractivity contribution is 5.80. The molecule has 12 nitrogen and oxygen atoms in total. The molecule has 0 N–H and O–H groups in total. The monoisotopic (exact) mass is 606 g/mol. The second kappa shape index (κ2) is 9.85. The molecule has 0 aromatic carbocycles. The molecule has 6 aliphatic rings. The van der Waals surface area contributed by atoms with Gasteiger partial charge in [0.05, 0.1) is 37.0 Å². The highest BCUT2D eigenvalue weighted by Gasteiger charge is 2.61. The van der Waals surface area contributed by atoms with Crippen LogP contribution in [0.15, 0.2) is 9.32 Å². The molecule has 3 aromatic heterocycles. The molecule has 12 heteroatoms. The lowest BCUT2D eigenvalue weighted by molar-refractivity contribution is -0.231. The van der Waals surface area contributed by atoms with Gasteiger partial charge in [0.25, 0.3) is 0 Å². The van der Waals surface area contributed by atoms with E-state index in [9.17, 15) is 4.79 Å². The molecule has 3 aliphatic carbocycles. The largest absolute Gasteiger partial charge is 0.471 e. The fourth-order valence-corrected chi connectivity index (χ4v) is 9.44. The molecule has 5 fully saturated rings. The van der Waals surface area contributed by atoms with Gasteiger partial charge in [-0.15, -0.1) is 0 Å². The van der Waals surface area contributed by atoms with Crippen LogP contribution in [-0.4, -0.2) is 86.6 Å². The zero-order chi connectivity index (χ0) is 29.8. The second-order valence-electron chi connectivity index (χ2n) is 14.0. The van der Waals surface area contributed by atoms with Crippen LogP contribution in [0.4, 0.5) is 0 Å². The SMILES string of the molecule is C[C@H](Oc1nc(-c2onc3c2CCC[C@@]32CCCCC23OCCO3)nc2c1n(C)c(=O)n2[C@@H]1CCOC1)[C@@H]1C[C@@H]2C[C@@H]2N1C. The summed E-state index contributed by atoms with van der Waals surface area (Å²) in [4.78, 5) is 26.3. The summed E-state index contributed by atoms with van der Waals surface area (Å²) >= 11 is 0. The zero-order valence-electron chi connectivity index (χ0n) is 25.9. The van der Waals surface area contributed by atoms with Crippen LogP contribution in [-0.2, 0) is 33.1 Å². The molecular formula is C32H42N6O6. The minimum absolute atomic E-state index is 0.0991. The summed E-state index contributed by atoms with van der Waals surface area (Å²) in [6.07, 6.45) is 9.77. The molecule has 0 unspecified atom stereocenters. The summed E-state index contributed by atoms with van der Waals surface area (Å²) in [6.45, 7) is 4.42. The molecule has 9 rings (SSSR count). The lowest BCUT2D eigenvalue weighted by Crippen LogP contribution is -2.56. The number of likely N-dealkylation sites (N-methyl/N-ethyl adjacent to an activating group) is 1. The van der Waals surface area contributed by atoms with Crippen LogP contribution in [0.3, 0.4) is 0 Å². The van der Waals surface area contributed by atoms with Crippen LogP contribution in [0, 0.1) is 5.92 Å². The van der Waals surface area contributed by atoms with Gasteiger partial charge in [0, 0.05) is 37.7 Å². The Kier molecular flexibility index (Phi) is 6.16. The molecule has 0 bridgehead atoms. The first-order valence-corrected chi connectivity index (χ1v) is 16.6. The summed E-state index contributed by atoms with van der Waals surface area (Å²) in [5, 5.41) is 4.75. The topological polar surface area (TPSA) is 119 Å². The first kappa shape index (κ1) is 27.5. The van der Waals surface area contributed by atoms with E-state index in [0.717, 1.165) is 75.0 Å². The summed E-state index contributed by atoms with van der Waals surface area (Å²) in [6, 6.07) is 0.850. The average molecular weight is 607 g/mol. The van der Waals surface area contributed by atoms with Crippen molar-refractivity contribution in [3.8, 4) is 17.5 Å². The van der Waals surface area contributed by atoms with Crippen molar-refractivity contribution >= 4 is 11.2 Å². The van der Waals surface area contributed by atoms with Crippen molar-refractivity contribution < 1.29 is 23.5 Å². The lowest BCUT2D eigenvalue weighted by Gasteiger charge is -2.50. The third kappa shape index (κ3) is 3.77. The van der Waals surface area contributed by atoms with E-state index in [1.54, 1.807) is 16.2 Å². The Morgan fingerprint density at radius 1 is 1.02 bits per heavy atom. The van der Waals surface area contributed by atoms with Crippen LogP contribution in [0.1, 0.15) is 82.0 Å². The van der Waals surface area contributed by atoms with Crippen LogP contribution in [0.25, 0.3) is 22.7 Å². The van der Waals surface area contributed by atoms with E-state index in [4.69, 9.17) is 38.6 Å². The number of aryl methyl sites for hydroxylation is 1. The molecule has 2 saturated carbocycles. The van der Waals surface area contributed by atoms with E-state index in [1.807, 2.05) is 0 Å². The lowest BCUT2D eigenvalue weighted by atomic mass is 9.61. The van der Waals surface area contributed by atoms with E-state index in [0.29, 0.717) is 67.1 Å². The number of piperidine rings is 1. The quantitative estimate of drug-likeness (QED) is 0.427. The van der Waals surface area contributed by atoms with Gasteiger partial charge in [0.15, 0.2) is 17.0 Å². The van der Waals surface area contributed by atoms with E-state index in [2.05, 4.69) is 18.9 Å². The van der Waals surface area contributed by atoms with Crippen molar-refractivity contribution in [3.05, 3.63) is 21.7 Å². The van der Waals surface area contributed by atoms with Crippen molar-refractivity contribution in [1.29, 1.82) is 0 Å². The summed E-state index contributed by atoms with van der Waals surface area (Å²) in [5.74, 6) is 1.48. The van der Waals surface area contributed by atoms with E-state index in [1.165, 1.54) is 6.42 Å². The fraction of sp³-hybridized carbons (Fsp3) is 0.750. The number of ether oxygens (including phenoxy) is 4. The van der Waals surface area contributed by atoms with Crippen molar-refractivity contribution in [2.45, 2.75) is 107 Å². The highest BCUT2D eigenvalue weighted by Crippen LogP contribution is 2.57. The fourth-order valence-electron chi connectivity index (χ4n) is 9.44. The van der Waals surface area contributed by atoms with E-state index >= 15 is 0 Å². The molecule has 44 heavy (non-hydrogen) atoms. The molecule has 0 amide bonds. The van der Waals surface area contributed by atoms with Crippen molar-refractivity contribution in [2.24, 2.45) is 13.0 Å². The number of aromatic nitrogens is 5. The van der Waals surface area contributed by atoms with Gasteiger partial charge in [0.1, 0.15) is 6.10 Å². The Balaban J connectivity index is 1.18.